The average molecular weight is 221 g/mol. The van der Waals surface area contributed by atoms with Crippen molar-refractivity contribution in [2.75, 3.05) is 0 Å². The summed E-state index contributed by atoms with van der Waals surface area (Å²) in [6.45, 7) is 0. The zero-order chi connectivity index (χ0) is 4.50. The molecule has 6 N–H and O–H groups in total. The van der Waals surface area contributed by atoms with E-state index in [0.717, 1.165) is 0 Å². The standard InChI is InChI=1S/4FH.3H2O.Zr/h4*1H;3*1H2;/q;;;;;;;+4/p-4. The van der Waals surface area contributed by atoms with Gasteiger partial charge in [-0.05, 0) is 0 Å². The first-order valence-electron chi connectivity index (χ1n) is 0.756. The molecule has 0 unspecified atom stereocenters. The van der Waals surface area contributed by atoms with Gasteiger partial charge in [-0.25, -0.2) is 0 Å². The first kappa shape index (κ1) is 23.6. The number of hydrogen-bond donors (Lipinski definition) is 0. The molecular weight excluding hydrogens is 215 g/mol. The summed E-state index contributed by atoms with van der Waals surface area (Å²) < 4.78 is 39.6. The van der Waals surface area contributed by atoms with Gasteiger partial charge in [-0.1, -0.05) is 0 Å². The zero-order valence-corrected chi connectivity index (χ0v) is 5.97. The fourth-order valence-corrected chi connectivity index (χ4v) is 0. The maximum atomic E-state index is 9.90. The Morgan fingerprint density at radius 1 is 0.625 bits per heavy atom. The van der Waals surface area contributed by atoms with Crippen LogP contribution in [0.25, 0.3) is 0 Å². The van der Waals surface area contributed by atoms with E-state index < -0.39 is 22.7 Å². The Bertz CT molecular complexity index is 26.8. The van der Waals surface area contributed by atoms with Gasteiger partial charge in [-0.2, -0.15) is 0 Å². The van der Waals surface area contributed by atoms with Gasteiger partial charge < -0.3 is 16.4 Å². The summed E-state index contributed by atoms with van der Waals surface area (Å²) >= 11 is -7.18. The monoisotopic (exact) mass is 220 g/mol. The molecule has 0 saturated carbocycles. The van der Waals surface area contributed by atoms with Crippen LogP contribution in [0.4, 0.5) is 10.5 Å². The van der Waals surface area contributed by atoms with E-state index in [1.54, 1.807) is 0 Å². The molecule has 56 valence electrons. The topological polar surface area (TPSA) is 94.5 Å². The molecule has 0 fully saturated rings. The summed E-state index contributed by atoms with van der Waals surface area (Å²) in [7, 11) is 0. The Hall–Kier alpha value is 0.483. The molecule has 0 amide bonds. The second-order valence-electron chi connectivity index (χ2n) is 0.429. The summed E-state index contributed by atoms with van der Waals surface area (Å²) in [6.07, 6.45) is 0. The van der Waals surface area contributed by atoms with E-state index in [1.807, 2.05) is 0 Å². The first-order chi connectivity index (χ1) is 2.00. The van der Waals surface area contributed by atoms with Crippen molar-refractivity contribution < 1.29 is 49.6 Å². The van der Waals surface area contributed by atoms with Crippen LogP contribution in [0.3, 0.4) is 0 Å². The Balaban J connectivity index is -0.0000000267. The van der Waals surface area contributed by atoms with Gasteiger partial charge in [-0.3, -0.25) is 0 Å². The molecule has 8 heteroatoms. The molecule has 0 heterocycles. The average Bonchev–Trinajstić information content (AvgIpc) is 0.722. The Morgan fingerprint density at radius 2 is 0.625 bits per heavy atom. The van der Waals surface area contributed by atoms with E-state index >= 15 is 0 Å². The quantitative estimate of drug-likeness (QED) is 0.479. The van der Waals surface area contributed by atoms with Crippen LogP contribution >= 0.6 is 0 Å². The summed E-state index contributed by atoms with van der Waals surface area (Å²) in [5, 5.41) is 0. The van der Waals surface area contributed by atoms with Gasteiger partial charge in [0.1, 0.15) is 0 Å². The molecule has 0 aliphatic heterocycles. The van der Waals surface area contributed by atoms with Gasteiger partial charge >= 0.3 is 33.2 Å². The number of halogens is 4. The van der Waals surface area contributed by atoms with Gasteiger partial charge in [0.2, 0.25) is 0 Å². The molecule has 0 aliphatic rings. The fourth-order valence-electron chi connectivity index (χ4n) is 0. The summed E-state index contributed by atoms with van der Waals surface area (Å²) in [5.41, 5.74) is 0. The van der Waals surface area contributed by atoms with Gasteiger partial charge in [0, 0.05) is 0 Å². The van der Waals surface area contributed by atoms with Crippen LogP contribution in [-0.2, 0) is 22.7 Å². The zero-order valence-electron chi connectivity index (χ0n) is 3.51. The van der Waals surface area contributed by atoms with E-state index in [1.165, 1.54) is 0 Å². The number of rotatable bonds is 0. The second kappa shape index (κ2) is 7.48. The van der Waals surface area contributed by atoms with Crippen molar-refractivity contribution in [2.45, 2.75) is 0 Å². The molecule has 0 aromatic heterocycles. The van der Waals surface area contributed by atoms with E-state index in [4.69, 9.17) is 0 Å². The molecule has 0 bridgehead atoms. The molecule has 0 aromatic carbocycles. The van der Waals surface area contributed by atoms with Crippen molar-refractivity contribution in [1.29, 1.82) is 0 Å². The molecule has 0 rings (SSSR count). The van der Waals surface area contributed by atoms with Crippen LogP contribution in [0.1, 0.15) is 0 Å². The van der Waals surface area contributed by atoms with E-state index in [9.17, 15) is 10.5 Å². The Kier molecular flexibility index (Phi) is 22.1. The summed E-state index contributed by atoms with van der Waals surface area (Å²) in [5.74, 6) is 0. The van der Waals surface area contributed by atoms with Crippen LogP contribution in [0.15, 0.2) is 0 Å². The van der Waals surface area contributed by atoms with Crippen molar-refractivity contribution in [3.63, 3.8) is 0 Å². The third-order valence-corrected chi connectivity index (χ3v) is 0. The number of hydrogen-bond acceptors (Lipinski definition) is 0. The van der Waals surface area contributed by atoms with Gasteiger partial charge in [0.25, 0.3) is 0 Å². The molecule has 0 atom stereocenters. The van der Waals surface area contributed by atoms with Crippen LogP contribution in [0, 0.1) is 0 Å². The summed E-state index contributed by atoms with van der Waals surface area (Å²) in [6, 6.07) is 0. The molecule has 0 saturated heterocycles. The minimum absolute atomic E-state index is 0. The Morgan fingerprint density at radius 3 is 0.625 bits per heavy atom. The molecule has 0 radical (unpaired) electrons. The van der Waals surface area contributed by atoms with Gasteiger partial charge in [0.05, 0.1) is 0 Å². The normalized spacial score (nSPS) is 7.50. The third-order valence-electron chi connectivity index (χ3n) is 0. The molecular formula is H6F4O3Zr. The second-order valence-corrected chi connectivity index (χ2v) is 2.54. The fraction of sp³-hybridized carbons (Fsp3) is 0. The van der Waals surface area contributed by atoms with Crippen molar-refractivity contribution in [3.05, 3.63) is 0 Å². The molecule has 0 spiro atoms. The predicted octanol–water partition coefficient (Wildman–Crippen LogP) is -0.796. The minimum atomic E-state index is -7.18. The van der Waals surface area contributed by atoms with Crippen molar-refractivity contribution in [3.8, 4) is 0 Å². The Labute approximate surface area is 50.2 Å². The van der Waals surface area contributed by atoms with Crippen molar-refractivity contribution >= 4 is 0 Å². The molecule has 0 aliphatic carbocycles. The predicted molar refractivity (Wildman–Crippen MR) is 15.3 cm³/mol. The molecule has 8 heavy (non-hydrogen) atoms. The first-order valence-corrected chi connectivity index (χ1v) is 4.47. The van der Waals surface area contributed by atoms with Crippen molar-refractivity contribution in [2.24, 2.45) is 0 Å². The van der Waals surface area contributed by atoms with E-state index in [0.29, 0.717) is 0 Å². The molecule has 0 aromatic rings. The summed E-state index contributed by atoms with van der Waals surface area (Å²) in [4.78, 5) is 0. The van der Waals surface area contributed by atoms with Crippen molar-refractivity contribution in [1.82, 2.24) is 0 Å². The van der Waals surface area contributed by atoms with Crippen LogP contribution in [0.2, 0.25) is 0 Å². The van der Waals surface area contributed by atoms with Crippen LogP contribution < -0.4 is 0 Å². The van der Waals surface area contributed by atoms with Crippen LogP contribution in [0.5, 0.6) is 0 Å². The van der Waals surface area contributed by atoms with Gasteiger partial charge in [-0.15, -0.1) is 0 Å². The molecule has 3 nitrogen and oxygen atoms in total. The van der Waals surface area contributed by atoms with E-state index in [2.05, 4.69) is 0 Å². The van der Waals surface area contributed by atoms with Gasteiger partial charge in [0.15, 0.2) is 0 Å². The van der Waals surface area contributed by atoms with Crippen LogP contribution in [-0.4, -0.2) is 16.4 Å². The SMILES string of the molecule is O.O.O.[F][Zr]([F])([F])[F]. The van der Waals surface area contributed by atoms with E-state index in [-0.39, 0.29) is 16.4 Å². The third kappa shape index (κ3) is 835. The maximum absolute atomic E-state index is 9.90.